The number of pyridine rings is 2. The van der Waals surface area contributed by atoms with E-state index < -0.39 is 0 Å². The molecule has 2 aromatic heterocycles. The first-order chi connectivity index (χ1) is 16.4. The predicted octanol–water partition coefficient (Wildman–Crippen LogP) is 8.33. The van der Waals surface area contributed by atoms with E-state index >= 15 is 0 Å². The van der Waals surface area contributed by atoms with Crippen molar-refractivity contribution in [1.82, 2.24) is 9.97 Å². The van der Waals surface area contributed by atoms with Crippen LogP contribution < -0.4 is 0 Å². The maximum absolute atomic E-state index is 5.12. The second-order valence-corrected chi connectivity index (χ2v) is 11.9. The molecule has 4 aromatic rings. The second-order valence-electron chi connectivity index (χ2n) is 11.9. The van der Waals surface area contributed by atoms with E-state index in [0.29, 0.717) is 0 Å². The van der Waals surface area contributed by atoms with Gasteiger partial charge in [0.1, 0.15) is 0 Å². The molecule has 0 radical (unpaired) electrons. The summed E-state index contributed by atoms with van der Waals surface area (Å²) in [7, 11) is 0. The number of aromatic nitrogens is 2. The fraction of sp³-hybridized carbons (Fsp3) is 0.333. The second kappa shape index (κ2) is 10.4. The zero-order valence-corrected chi connectivity index (χ0v) is 24.9. The molecule has 0 amide bonds. The number of nitrogens with zero attached hydrogens (tertiary/aromatic N) is 2. The summed E-state index contributed by atoms with van der Waals surface area (Å²) in [6, 6.07) is 30.3. The van der Waals surface area contributed by atoms with Crippen molar-refractivity contribution in [3.63, 3.8) is 0 Å². The molecular weight excluding hydrogens is 619 g/mol. The average Bonchev–Trinajstić information content (AvgIpc) is 2.83. The molecule has 2 aromatic carbocycles. The third-order valence-electron chi connectivity index (χ3n) is 6.66. The third kappa shape index (κ3) is 6.04. The first kappa shape index (κ1) is 28.0. The van der Waals surface area contributed by atoms with Gasteiger partial charge in [0.05, 0.1) is 5.69 Å². The molecule has 2 nitrogen and oxygen atoms in total. The van der Waals surface area contributed by atoms with Crippen LogP contribution in [-0.4, -0.2) is 9.97 Å². The van der Waals surface area contributed by atoms with E-state index in [-0.39, 0.29) is 37.3 Å². The van der Waals surface area contributed by atoms with Crippen LogP contribution in [-0.2, 0) is 37.3 Å². The Morgan fingerprint density at radius 3 is 1.92 bits per heavy atom. The summed E-state index contributed by atoms with van der Waals surface area (Å²) in [6.07, 6.45) is 1.84. The predicted molar refractivity (Wildman–Crippen MR) is 147 cm³/mol. The Morgan fingerprint density at radius 1 is 0.639 bits per heavy atom. The zero-order valence-electron chi connectivity index (χ0n) is 22.6. The fourth-order valence-electron chi connectivity index (χ4n) is 4.17. The van der Waals surface area contributed by atoms with Crippen molar-refractivity contribution in [2.24, 2.45) is 0 Å². The van der Waals surface area contributed by atoms with Crippen LogP contribution in [0.3, 0.4) is 0 Å². The Bertz CT molecular complexity index is 1330. The molecule has 4 rings (SSSR count). The maximum atomic E-state index is 5.12. The minimum absolute atomic E-state index is 0. The molecule has 0 atom stereocenters. The van der Waals surface area contributed by atoms with Crippen molar-refractivity contribution in [2.75, 3.05) is 0 Å². The normalized spacial score (nSPS) is 12.2. The van der Waals surface area contributed by atoms with Crippen molar-refractivity contribution >= 4 is 0 Å². The van der Waals surface area contributed by atoms with Gasteiger partial charge in [0.25, 0.3) is 0 Å². The molecular formula is C33H36N2Pt. The van der Waals surface area contributed by atoms with Crippen LogP contribution in [0.25, 0.3) is 22.4 Å². The van der Waals surface area contributed by atoms with E-state index in [2.05, 4.69) is 121 Å². The van der Waals surface area contributed by atoms with E-state index in [4.69, 9.17) is 4.98 Å². The Kier molecular flexibility index (Phi) is 8.11. The van der Waals surface area contributed by atoms with Gasteiger partial charge >= 0.3 is 21.1 Å². The third-order valence-corrected chi connectivity index (χ3v) is 6.66. The van der Waals surface area contributed by atoms with Crippen molar-refractivity contribution in [2.45, 2.75) is 71.6 Å². The van der Waals surface area contributed by atoms with Gasteiger partial charge in [-0.05, 0) is 42.9 Å². The molecule has 0 aliphatic rings. The van der Waals surface area contributed by atoms with Gasteiger partial charge in [-0.25, -0.2) is 5.56 Å². The van der Waals surface area contributed by atoms with E-state index in [9.17, 15) is 0 Å². The summed E-state index contributed by atoms with van der Waals surface area (Å²) in [5, 5.41) is 0. The first-order valence-electron chi connectivity index (χ1n) is 12.4. The molecule has 0 fully saturated rings. The quantitative estimate of drug-likeness (QED) is 0.207. The van der Waals surface area contributed by atoms with E-state index in [0.717, 1.165) is 33.8 Å². The molecule has 3 heteroatoms. The Labute approximate surface area is 231 Å². The molecule has 0 aliphatic carbocycles. The van der Waals surface area contributed by atoms with Crippen LogP contribution in [0.5, 0.6) is 0 Å². The smallest absolute Gasteiger partial charge is 0.291 e. The van der Waals surface area contributed by atoms with Crippen LogP contribution >= 0.6 is 0 Å². The molecule has 2 heterocycles. The van der Waals surface area contributed by atoms with Gasteiger partial charge < -0.3 is 0 Å². The minimum Gasteiger partial charge on any atom is -0.291 e. The van der Waals surface area contributed by atoms with Crippen LogP contribution in [0.2, 0.25) is 0 Å². The Hall–Kier alpha value is -2.57. The number of benzene rings is 2. The Balaban J connectivity index is 0.00000361. The summed E-state index contributed by atoms with van der Waals surface area (Å²) in [4.78, 5) is 9.73. The van der Waals surface area contributed by atoms with Gasteiger partial charge in [-0.3, -0.25) is 9.97 Å². The fourth-order valence-corrected chi connectivity index (χ4v) is 4.17. The van der Waals surface area contributed by atoms with Crippen molar-refractivity contribution < 1.29 is 21.1 Å². The minimum atomic E-state index is -0.309. The molecule has 0 saturated carbocycles. The van der Waals surface area contributed by atoms with E-state index in [1.807, 2.05) is 24.4 Å². The van der Waals surface area contributed by atoms with Crippen molar-refractivity contribution in [3.05, 3.63) is 108 Å². The summed E-state index contributed by atoms with van der Waals surface area (Å²) in [6.45, 7) is 17.8. The van der Waals surface area contributed by atoms with Gasteiger partial charge in [0, 0.05) is 23.0 Å². The standard InChI is InChI=1S/C33H36N2.Pt/c1-31(2,3)26-14-11-13-23(20-26)24-19-25(22-27(21-24)32(4,5)6)28-15-12-17-30(35-28)33(7,8)29-16-9-10-18-34-29;/h9-12,14-18,20-22H,1-8H3;/q-2;+2. The summed E-state index contributed by atoms with van der Waals surface area (Å²) < 4.78 is 0. The van der Waals surface area contributed by atoms with Crippen LogP contribution in [0.1, 0.15) is 77.9 Å². The number of hydrogen-bond acceptors (Lipinski definition) is 2. The molecule has 0 aliphatic heterocycles. The zero-order chi connectivity index (χ0) is 25.4. The average molecular weight is 656 g/mol. The monoisotopic (exact) mass is 655 g/mol. The van der Waals surface area contributed by atoms with Gasteiger partial charge in [-0.1, -0.05) is 59.7 Å². The van der Waals surface area contributed by atoms with E-state index in [1.54, 1.807) is 0 Å². The van der Waals surface area contributed by atoms with Gasteiger partial charge in [0.15, 0.2) is 0 Å². The SMILES string of the molecule is CC(C)(C)c1cc[c-]c(-c2[c-]c(-c3cccc(C(C)(C)c4ccccn4)n3)cc(C(C)(C)C)c2)c1.[Pt+2]. The van der Waals surface area contributed by atoms with Crippen LogP contribution in [0.15, 0.2) is 72.9 Å². The summed E-state index contributed by atoms with van der Waals surface area (Å²) in [5.74, 6) is 0. The molecule has 0 saturated heterocycles. The topological polar surface area (TPSA) is 25.8 Å². The maximum Gasteiger partial charge on any atom is 2.00 e. The van der Waals surface area contributed by atoms with Crippen LogP contribution in [0, 0.1) is 12.1 Å². The largest absolute Gasteiger partial charge is 2.00 e. The van der Waals surface area contributed by atoms with Crippen molar-refractivity contribution in [1.29, 1.82) is 0 Å². The number of hydrogen-bond donors (Lipinski definition) is 0. The van der Waals surface area contributed by atoms with Crippen LogP contribution in [0.4, 0.5) is 0 Å². The first-order valence-corrected chi connectivity index (χ1v) is 12.4. The Morgan fingerprint density at radius 2 is 1.28 bits per heavy atom. The molecule has 0 unspecified atom stereocenters. The molecule has 0 bridgehead atoms. The summed E-state index contributed by atoms with van der Waals surface area (Å²) >= 11 is 0. The van der Waals surface area contributed by atoms with Crippen molar-refractivity contribution in [3.8, 4) is 22.4 Å². The van der Waals surface area contributed by atoms with Gasteiger partial charge in [-0.2, -0.15) is 35.9 Å². The van der Waals surface area contributed by atoms with Gasteiger partial charge in [-0.15, -0.1) is 28.8 Å². The van der Waals surface area contributed by atoms with Gasteiger partial charge in [0.2, 0.25) is 0 Å². The molecule has 188 valence electrons. The molecule has 0 N–H and O–H groups in total. The summed E-state index contributed by atoms with van der Waals surface area (Å²) in [5.41, 5.74) is 8.34. The number of rotatable bonds is 4. The van der Waals surface area contributed by atoms with E-state index in [1.165, 1.54) is 11.1 Å². The molecule has 36 heavy (non-hydrogen) atoms. The molecule has 0 spiro atoms.